The molecule has 0 unspecified atom stereocenters. The normalized spacial score (nSPS) is 16.0. The number of methoxy groups -OCH3 is 1. The van der Waals surface area contributed by atoms with Crippen LogP contribution in [0.1, 0.15) is 20.3 Å². The largest absolute Gasteiger partial charge is 0.493 e. The van der Waals surface area contributed by atoms with Crippen molar-refractivity contribution in [3.05, 3.63) is 42.6 Å². The van der Waals surface area contributed by atoms with Gasteiger partial charge in [0, 0.05) is 30.6 Å². The molecule has 1 fully saturated rings. The Morgan fingerprint density at radius 2 is 2.07 bits per heavy atom. The van der Waals surface area contributed by atoms with E-state index in [1.807, 2.05) is 50.2 Å². The molecule has 3 aromatic rings. The highest BCUT2D eigenvalue weighted by Gasteiger charge is 2.22. The molecule has 0 aliphatic carbocycles. The molecule has 1 aliphatic heterocycles. The minimum absolute atomic E-state index is 0.0460. The highest BCUT2D eigenvalue weighted by molar-refractivity contribution is 5.87. The molecular formula is C23H25N3O4. The Labute approximate surface area is 175 Å². The van der Waals surface area contributed by atoms with Crippen LogP contribution in [0.4, 0.5) is 0 Å². The van der Waals surface area contributed by atoms with Crippen LogP contribution < -0.4 is 19.5 Å². The van der Waals surface area contributed by atoms with Crippen molar-refractivity contribution in [3.63, 3.8) is 0 Å². The molecule has 7 heteroatoms. The van der Waals surface area contributed by atoms with Crippen molar-refractivity contribution in [2.45, 2.75) is 26.4 Å². The molecule has 1 aromatic carbocycles. The number of rotatable bonds is 7. The van der Waals surface area contributed by atoms with Crippen LogP contribution in [0.2, 0.25) is 0 Å². The first-order chi connectivity index (χ1) is 14.5. The smallest absolute Gasteiger partial charge is 0.223 e. The van der Waals surface area contributed by atoms with Gasteiger partial charge in [0.1, 0.15) is 0 Å². The van der Waals surface area contributed by atoms with Gasteiger partial charge in [-0.05, 0) is 50.2 Å². The van der Waals surface area contributed by atoms with Crippen LogP contribution in [0.25, 0.3) is 22.2 Å². The third kappa shape index (κ3) is 4.30. The maximum Gasteiger partial charge on any atom is 0.223 e. The van der Waals surface area contributed by atoms with Crippen LogP contribution in [0.3, 0.4) is 0 Å². The number of nitrogens with zero attached hydrogens (tertiary/aromatic N) is 2. The van der Waals surface area contributed by atoms with Gasteiger partial charge in [-0.25, -0.2) is 4.98 Å². The third-order valence-electron chi connectivity index (χ3n) is 4.90. The number of fused-ring (bicyclic) bond motifs is 1. The summed E-state index contributed by atoms with van der Waals surface area (Å²) >= 11 is 0. The van der Waals surface area contributed by atoms with E-state index >= 15 is 0 Å². The Kier molecular flexibility index (Phi) is 5.70. The number of hydrogen-bond acceptors (Lipinski definition) is 6. The lowest BCUT2D eigenvalue weighted by Gasteiger charge is -2.15. The molecule has 1 aliphatic rings. The summed E-state index contributed by atoms with van der Waals surface area (Å²) in [6.45, 7) is 4.99. The van der Waals surface area contributed by atoms with Crippen molar-refractivity contribution in [2.75, 3.05) is 20.3 Å². The molecule has 1 saturated heterocycles. The van der Waals surface area contributed by atoms with Crippen molar-refractivity contribution in [1.82, 2.24) is 15.3 Å². The molecule has 0 saturated carbocycles. The maximum absolute atomic E-state index is 11.5. The van der Waals surface area contributed by atoms with E-state index in [0.717, 1.165) is 22.2 Å². The monoisotopic (exact) mass is 407 g/mol. The Morgan fingerprint density at radius 1 is 1.20 bits per heavy atom. The molecule has 0 radical (unpaired) electrons. The summed E-state index contributed by atoms with van der Waals surface area (Å²) in [5.41, 5.74) is 2.39. The van der Waals surface area contributed by atoms with Gasteiger partial charge in [0.25, 0.3) is 0 Å². The van der Waals surface area contributed by atoms with Crippen LogP contribution in [0.15, 0.2) is 42.6 Å². The lowest BCUT2D eigenvalue weighted by Crippen LogP contribution is -2.17. The van der Waals surface area contributed by atoms with Gasteiger partial charge in [0.05, 0.1) is 36.4 Å². The van der Waals surface area contributed by atoms with Crippen molar-refractivity contribution < 1.29 is 19.0 Å². The zero-order valence-electron chi connectivity index (χ0n) is 17.3. The lowest BCUT2D eigenvalue weighted by atomic mass is 10.1. The summed E-state index contributed by atoms with van der Waals surface area (Å²) in [5.74, 6) is 2.04. The van der Waals surface area contributed by atoms with E-state index in [0.29, 0.717) is 37.0 Å². The molecule has 3 heterocycles. The summed E-state index contributed by atoms with van der Waals surface area (Å²) < 4.78 is 17.4. The first kappa shape index (κ1) is 19.9. The summed E-state index contributed by atoms with van der Waals surface area (Å²) in [5, 5.41) is 3.67. The molecule has 7 nitrogen and oxygen atoms in total. The average Bonchev–Trinajstić information content (AvgIpc) is 3.16. The first-order valence-corrected chi connectivity index (χ1v) is 10.0. The predicted molar refractivity (Wildman–Crippen MR) is 114 cm³/mol. The van der Waals surface area contributed by atoms with Gasteiger partial charge in [-0.15, -0.1) is 0 Å². The fraction of sp³-hybridized carbons (Fsp3) is 0.348. The van der Waals surface area contributed by atoms with E-state index in [9.17, 15) is 4.79 Å². The van der Waals surface area contributed by atoms with Gasteiger partial charge < -0.3 is 19.5 Å². The fourth-order valence-electron chi connectivity index (χ4n) is 3.46. The van der Waals surface area contributed by atoms with Crippen molar-refractivity contribution >= 4 is 16.8 Å². The molecular weight excluding hydrogens is 382 g/mol. The van der Waals surface area contributed by atoms with Gasteiger partial charge in [-0.3, -0.25) is 9.78 Å². The van der Waals surface area contributed by atoms with E-state index in [4.69, 9.17) is 19.2 Å². The molecule has 1 amide bonds. The maximum atomic E-state index is 11.5. The number of aromatic nitrogens is 2. The Balaban J connectivity index is 1.68. The van der Waals surface area contributed by atoms with Gasteiger partial charge in [-0.2, -0.15) is 0 Å². The second kappa shape index (κ2) is 8.57. The van der Waals surface area contributed by atoms with Crippen LogP contribution in [-0.4, -0.2) is 42.2 Å². The molecule has 0 bridgehead atoms. The van der Waals surface area contributed by atoms with Crippen LogP contribution >= 0.6 is 0 Å². The number of nitrogens with one attached hydrogen (secondary N) is 1. The van der Waals surface area contributed by atoms with Crippen LogP contribution in [0.5, 0.6) is 17.4 Å². The van der Waals surface area contributed by atoms with Gasteiger partial charge in [0.2, 0.25) is 11.8 Å². The second-order valence-electron chi connectivity index (χ2n) is 7.60. The number of pyridine rings is 2. The third-order valence-corrected chi connectivity index (χ3v) is 4.90. The Bertz CT molecular complexity index is 1070. The van der Waals surface area contributed by atoms with Crippen molar-refractivity contribution in [2.24, 2.45) is 5.92 Å². The van der Waals surface area contributed by atoms with Crippen molar-refractivity contribution in [1.29, 1.82) is 0 Å². The van der Waals surface area contributed by atoms with Gasteiger partial charge >= 0.3 is 0 Å². The van der Waals surface area contributed by atoms with E-state index in [-0.39, 0.29) is 17.9 Å². The van der Waals surface area contributed by atoms with E-state index < -0.39 is 0 Å². The fourth-order valence-corrected chi connectivity index (χ4v) is 3.46. The summed E-state index contributed by atoms with van der Waals surface area (Å²) in [6, 6.07) is 11.5. The Morgan fingerprint density at radius 3 is 2.80 bits per heavy atom. The zero-order chi connectivity index (χ0) is 21.1. The number of hydrogen-bond donors (Lipinski definition) is 1. The van der Waals surface area contributed by atoms with Gasteiger partial charge in [-0.1, -0.05) is 0 Å². The highest BCUT2D eigenvalue weighted by atomic mass is 16.5. The molecule has 156 valence electrons. The van der Waals surface area contributed by atoms with Gasteiger partial charge in [0.15, 0.2) is 11.5 Å². The topological polar surface area (TPSA) is 82.6 Å². The first-order valence-electron chi connectivity index (χ1n) is 10.0. The standard InChI is InChI=1S/C23H25N3O4/c1-14(2)30-20-7-6-16(10-21(20)28-3)18-11-19-17(5-4-8-24-19)23(26-18)29-13-15-9-22(27)25-12-15/h4-8,10-11,14-15H,9,12-13H2,1-3H3,(H,25,27)/t15-/m1/s1. The van der Waals surface area contributed by atoms with Crippen LogP contribution in [-0.2, 0) is 4.79 Å². The highest BCUT2D eigenvalue weighted by Crippen LogP contribution is 2.35. The lowest BCUT2D eigenvalue weighted by molar-refractivity contribution is -0.119. The molecule has 1 atom stereocenters. The van der Waals surface area contributed by atoms with Crippen LogP contribution in [0, 0.1) is 5.92 Å². The number of carbonyl (C=O) groups is 1. The van der Waals surface area contributed by atoms with E-state index in [1.54, 1.807) is 13.3 Å². The number of carbonyl (C=O) groups excluding carboxylic acids is 1. The molecule has 4 rings (SSSR count). The number of ether oxygens (including phenoxy) is 3. The number of benzene rings is 1. The number of amides is 1. The molecule has 1 N–H and O–H groups in total. The second-order valence-corrected chi connectivity index (χ2v) is 7.60. The zero-order valence-corrected chi connectivity index (χ0v) is 17.3. The predicted octanol–water partition coefficient (Wildman–Crippen LogP) is 3.61. The average molecular weight is 407 g/mol. The molecule has 30 heavy (non-hydrogen) atoms. The SMILES string of the molecule is COc1cc(-c2cc3ncccc3c(OC[C@H]3CNC(=O)C3)n2)ccc1OC(C)C. The van der Waals surface area contributed by atoms with E-state index in [2.05, 4.69) is 10.3 Å². The molecule has 2 aromatic heterocycles. The minimum Gasteiger partial charge on any atom is -0.493 e. The quantitative estimate of drug-likeness (QED) is 0.644. The van der Waals surface area contributed by atoms with Crippen molar-refractivity contribution in [3.8, 4) is 28.6 Å². The Hall–Kier alpha value is -3.35. The summed E-state index contributed by atoms with van der Waals surface area (Å²) in [4.78, 5) is 20.7. The summed E-state index contributed by atoms with van der Waals surface area (Å²) in [6.07, 6.45) is 2.27. The minimum atomic E-state index is 0.0460. The molecule has 0 spiro atoms. The van der Waals surface area contributed by atoms with E-state index in [1.165, 1.54) is 0 Å². The summed E-state index contributed by atoms with van der Waals surface area (Å²) in [7, 11) is 1.62.